The normalized spacial score (nSPS) is 14.6. The molecule has 1 aromatic rings. The van der Waals surface area contributed by atoms with E-state index in [1.54, 1.807) is 12.1 Å². The summed E-state index contributed by atoms with van der Waals surface area (Å²) in [5.41, 5.74) is 0.576. The van der Waals surface area contributed by atoms with Crippen LogP contribution in [0.4, 0.5) is 10.5 Å². The molecule has 7 nitrogen and oxygen atoms in total. The Hall–Kier alpha value is -2.57. The number of benzene rings is 1. The number of urea groups is 1. The number of rotatable bonds is 7. The second kappa shape index (κ2) is 9.66. The Balaban J connectivity index is 1.62. The van der Waals surface area contributed by atoms with Crippen molar-refractivity contribution in [3.63, 3.8) is 0 Å². The van der Waals surface area contributed by atoms with Gasteiger partial charge in [-0.2, -0.15) is 0 Å². The van der Waals surface area contributed by atoms with Crippen LogP contribution in [0.25, 0.3) is 0 Å². The van der Waals surface area contributed by atoms with Crippen LogP contribution < -0.4 is 16.0 Å². The largest absolute Gasteiger partial charge is 0.478 e. The fraction of sp³-hybridized carbons (Fsp3) is 0.500. The van der Waals surface area contributed by atoms with Gasteiger partial charge >= 0.3 is 12.0 Å². The van der Waals surface area contributed by atoms with Crippen LogP contribution in [0.15, 0.2) is 24.3 Å². The van der Waals surface area contributed by atoms with Gasteiger partial charge in [0.15, 0.2) is 0 Å². The highest BCUT2D eigenvalue weighted by molar-refractivity contribution is 5.93. The molecule has 1 aliphatic rings. The number of hydrogen-bond acceptors (Lipinski definition) is 3. The number of carbonyl (C=O) groups excluding carboxylic acids is 2. The second-order valence-electron chi connectivity index (χ2n) is 6.27. The standard InChI is InChI=1S/C18H25N3O4/c22-16(20-15-9-4-6-13(12-15)17(23)24)10-5-11-19-18(25)21-14-7-2-1-3-8-14/h4,6,9,12,14H,1-3,5,7-8,10-11H2,(H,20,22)(H,23,24)(H2,19,21,25). The fourth-order valence-electron chi connectivity index (χ4n) is 2.89. The van der Waals surface area contributed by atoms with Crippen LogP contribution in [0.2, 0.25) is 0 Å². The molecular weight excluding hydrogens is 322 g/mol. The Morgan fingerprint density at radius 2 is 1.88 bits per heavy atom. The summed E-state index contributed by atoms with van der Waals surface area (Å²) >= 11 is 0. The summed E-state index contributed by atoms with van der Waals surface area (Å²) in [6, 6.07) is 6.18. The van der Waals surface area contributed by atoms with E-state index < -0.39 is 5.97 Å². The molecule has 1 fully saturated rings. The minimum Gasteiger partial charge on any atom is -0.478 e. The highest BCUT2D eigenvalue weighted by Gasteiger charge is 2.15. The average Bonchev–Trinajstić information content (AvgIpc) is 2.60. The van der Waals surface area contributed by atoms with Crippen molar-refractivity contribution >= 4 is 23.6 Å². The molecule has 0 heterocycles. The molecule has 0 aromatic heterocycles. The van der Waals surface area contributed by atoms with Crippen LogP contribution >= 0.6 is 0 Å². The van der Waals surface area contributed by atoms with E-state index in [0.29, 0.717) is 18.7 Å². The maximum Gasteiger partial charge on any atom is 0.335 e. The maximum absolute atomic E-state index is 11.9. The summed E-state index contributed by atoms with van der Waals surface area (Å²) in [5, 5.41) is 17.3. The smallest absolute Gasteiger partial charge is 0.335 e. The van der Waals surface area contributed by atoms with Crippen molar-refractivity contribution in [2.24, 2.45) is 0 Å². The van der Waals surface area contributed by atoms with Gasteiger partial charge < -0.3 is 21.1 Å². The minimum atomic E-state index is -1.04. The van der Waals surface area contributed by atoms with E-state index in [-0.39, 0.29) is 30.0 Å². The van der Waals surface area contributed by atoms with Crippen LogP contribution in [0.5, 0.6) is 0 Å². The minimum absolute atomic E-state index is 0.124. The maximum atomic E-state index is 11.9. The number of nitrogens with one attached hydrogen (secondary N) is 3. The summed E-state index contributed by atoms with van der Waals surface area (Å²) in [7, 11) is 0. The predicted molar refractivity (Wildman–Crippen MR) is 94.7 cm³/mol. The van der Waals surface area contributed by atoms with Gasteiger partial charge in [0.05, 0.1) is 5.56 Å². The van der Waals surface area contributed by atoms with Crippen LogP contribution in [0.1, 0.15) is 55.3 Å². The van der Waals surface area contributed by atoms with Crippen molar-refractivity contribution in [2.45, 2.75) is 51.0 Å². The molecule has 1 aliphatic carbocycles. The second-order valence-corrected chi connectivity index (χ2v) is 6.27. The van der Waals surface area contributed by atoms with Crippen LogP contribution in [0, 0.1) is 0 Å². The molecule has 2 rings (SSSR count). The number of amides is 3. The van der Waals surface area contributed by atoms with E-state index >= 15 is 0 Å². The van der Waals surface area contributed by atoms with Gasteiger partial charge in [0.1, 0.15) is 0 Å². The first-order chi connectivity index (χ1) is 12.0. The van der Waals surface area contributed by atoms with Gasteiger partial charge in [-0.25, -0.2) is 9.59 Å². The number of anilines is 1. The highest BCUT2D eigenvalue weighted by atomic mass is 16.4. The molecule has 1 aromatic carbocycles. The summed E-state index contributed by atoms with van der Waals surface area (Å²) in [6.07, 6.45) is 6.40. The summed E-state index contributed by atoms with van der Waals surface area (Å²) in [4.78, 5) is 34.5. The molecule has 4 N–H and O–H groups in total. The Kier molecular flexibility index (Phi) is 7.25. The average molecular weight is 347 g/mol. The van der Waals surface area contributed by atoms with E-state index in [1.807, 2.05) is 0 Å². The zero-order chi connectivity index (χ0) is 18.1. The summed E-state index contributed by atoms with van der Waals surface area (Å²) < 4.78 is 0. The Morgan fingerprint density at radius 1 is 1.12 bits per heavy atom. The number of carbonyl (C=O) groups is 3. The Morgan fingerprint density at radius 3 is 2.60 bits per heavy atom. The quantitative estimate of drug-likeness (QED) is 0.569. The summed E-state index contributed by atoms with van der Waals surface area (Å²) in [5.74, 6) is -1.25. The molecule has 0 bridgehead atoms. The van der Waals surface area contributed by atoms with E-state index in [0.717, 1.165) is 25.7 Å². The van der Waals surface area contributed by atoms with Gasteiger partial charge in [-0.3, -0.25) is 4.79 Å². The number of carboxylic acid groups (broad SMARTS) is 1. The number of hydrogen-bond donors (Lipinski definition) is 4. The third-order valence-corrected chi connectivity index (χ3v) is 4.20. The molecule has 0 saturated heterocycles. The van der Waals surface area contributed by atoms with E-state index in [2.05, 4.69) is 16.0 Å². The lowest BCUT2D eigenvalue weighted by atomic mass is 9.96. The lowest BCUT2D eigenvalue weighted by Gasteiger charge is -2.22. The van der Waals surface area contributed by atoms with Gasteiger partial charge in [0.25, 0.3) is 0 Å². The van der Waals surface area contributed by atoms with Gasteiger partial charge in [-0.05, 0) is 37.5 Å². The molecular formula is C18H25N3O4. The van der Waals surface area contributed by atoms with Crippen LogP contribution in [0.3, 0.4) is 0 Å². The highest BCUT2D eigenvalue weighted by Crippen LogP contribution is 2.17. The number of carboxylic acids is 1. The topological polar surface area (TPSA) is 108 Å². The zero-order valence-electron chi connectivity index (χ0n) is 14.2. The van der Waals surface area contributed by atoms with Gasteiger partial charge in [-0.1, -0.05) is 25.3 Å². The molecule has 3 amide bonds. The van der Waals surface area contributed by atoms with Gasteiger partial charge in [0, 0.05) is 24.7 Å². The first-order valence-electron chi connectivity index (χ1n) is 8.72. The molecule has 1 saturated carbocycles. The first-order valence-corrected chi connectivity index (χ1v) is 8.72. The van der Waals surface area contributed by atoms with Crippen molar-refractivity contribution in [1.29, 1.82) is 0 Å². The SMILES string of the molecule is O=C(CCCNC(=O)NC1CCCCC1)Nc1cccc(C(=O)O)c1. The van der Waals surface area contributed by atoms with Crippen molar-refractivity contribution in [1.82, 2.24) is 10.6 Å². The van der Waals surface area contributed by atoms with Crippen molar-refractivity contribution in [3.05, 3.63) is 29.8 Å². The summed E-state index contributed by atoms with van der Waals surface area (Å²) in [6.45, 7) is 0.418. The molecule has 0 spiro atoms. The van der Waals surface area contributed by atoms with Crippen molar-refractivity contribution < 1.29 is 19.5 Å². The van der Waals surface area contributed by atoms with Crippen molar-refractivity contribution in [2.75, 3.05) is 11.9 Å². The molecule has 7 heteroatoms. The lowest BCUT2D eigenvalue weighted by Crippen LogP contribution is -2.43. The molecule has 0 atom stereocenters. The van der Waals surface area contributed by atoms with Crippen LogP contribution in [-0.2, 0) is 4.79 Å². The van der Waals surface area contributed by atoms with E-state index in [4.69, 9.17) is 5.11 Å². The molecule has 25 heavy (non-hydrogen) atoms. The predicted octanol–water partition coefficient (Wildman–Crippen LogP) is 2.74. The zero-order valence-corrected chi connectivity index (χ0v) is 14.2. The van der Waals surface area contributed by atoms with Gasteiger partial charge in [0.2, 0.25) is 5.91 Å². The van der Waals surface area contributed by atoms with Gasteiger partial charge in [-0.15, -0.1) is 0 Å². The Bertz CT molecular complexity index is 612. The van der Waals surface area contributed by atoms with E-state index in [1.165, 1.54) is 18.6 Å². The fourth-order valence-corrected chi connectivity index (χ4v) is 2.89. The molecule has 0 aliphatic heterocycles. The molecule has 136 valence electrons. The van der Waals surface area contributed by atoms with Crippen molar-refractivity contribution in [3.8, 4) is 0 Å². The molecule has 0 radical (unpaired) electrons. The van der Waals surface area contributed by atoms with Crippen LogP contribution in [-0.4, -0.2) is 35.6 Å². The monoisotopic (exact) mass is 347 g/mol. The number of aromatic carboxylic acids is 1. The molecule has 0 unspecified atom stereocenters. The lowest BCUT2D eigenvalue weighted by molar-refractivity contribution is -0.116. The third kappa shape index (κ3) is 6.82. The van der Waals surface area contributed by atoms with E-state index in [9.17, 15) is 14.4 Å². The first kappa shape index (κ1) is 18.8. The third-order valence-electron chi connectivity index (χ3n) is 4.20. The Labute approximate surface area is 147 Å².